The standard InChI is InChI=1S/C17H14F2N2O2/c1-10(22)21-9-16(23)20-15-7-6-13(19)8-14(15)17(21)11-2-4-12(18)5-3-11/h2-8,17H,9H2,1H3,(H,20,23). The van der Waals surface area contributed by atoms with Crippen molar-refractivity contribution in [2.75, 3.05) is 11.9 Å². The third-order valence-corrected chi connectivity index (χ3v) is 3.80. The molecule has 0 fully saturated rings. The zero-order chi connectivity index (χ0) is 16.6. The number of anilines is 1. The van der Waals surface area contributed by atoms with E-state index in [0.29, 0.717) is 16.8 Å². The van der Waals surface area contributed by atoms with Crippen molar-refractivity contribution >= 4 is 17.5 Å². The first-order valence-electron chi connectivity index (χ1n) is 7.07. The predicted molar refractivity (Wildman–Crippen MR) is 80.7 cm³/mol. The fourth-order valence-electron chi connectivity index (χ4n) is 2.77. The third kappa shape index (κ3) is 2.92. The monoisotopic (exact) mass is 316 g/mol. The Hall–Kier alpha value is -2.76. The van der Waals surface area contributed by atoms with Crippen LogP contribution >= 0.6 is 0 Å². The van der Waals surface area contributed by atoms with E-state index in [1.165, 1.54) is 54.3 Å². The van der Waals surface area contributed by atoms with Crippen molar-refractivity contribution in [2.45, 2.75) is 13.0 Å². The largest absolute Gasteiger partial charge is 0.324 e. The summed E-state index contributed by atoms with van der Waals surface area (Å²) >= 11 is 0. The van der Waals surface area contributed by atoms with Gasteiger partial charge < -0.3 is 10.2 Å². The Morgan fingerprint density at radius 2 is 1.78 bits per heavy atom. The van der Waals surface area contributed by atoms with E-state index in [4.69, 9.17) is 0 Å². The summed E-state index contributed by atoms with van der Waals surface area (Å²) in [5.74, 6) is -1.58. The van der Waals surface area contributed by atoms with Gasteiger partial charge in [0.2, 0.25) is 11.8 Å². The summed E-state index contributed by atoms with van der Waals surface area (Å²) in [5, 5.41) is 2.67. The molecule has 23 heavy (non-hydrogen) atoms. The Bertz CT molecular complexity index is 775. The van der Waals surface area contributed by atoms with Gasteiger partial charge in [0.1, 0.15) is 18.2 Å². The molecule has 1 aliphatic heterocycles. The first-order chi connectivity index (χ1) is 11.0. The van der Waals surface area contributed by atoms with Crippen molar-refractivity contribution < 1.29 is 18.4 Å². The molecule has 1 heterocycles. The quantitative estimate of drug-likeness (QED) is 0.879. The number of nitrogens with zero attached hydrogens (tertiary/aromatic N) is 1. The number of halogens is 2. The molecule has 0 saturated carbocycles. The van der Waals surface area contributed by atoms with Gasteiger partial charge in [-0.1, -0.05) is 12.1 Å². The van der Waals surface area contributed by atoms with Gasteiger partial charge in [-0.15, -0.1) is 0 Å². The van der Waals surface area contributed by atoms with Crippen molar-refractivity contribution in [1.29, 1.82) is 0 Å². The van der Waals surface area contributed by atoms with E-state index >= 15 is 0 Å². The predicted octanol–water partition coefficient (Wildman–Crippen LogP) is 2.85. The summed E-state index contributed by atoms with van der Waals surface area (Å²) in [5.41, 5.74) is 1.50. The number of amides is 2. The number of hydrogen-bond donors (Lipinski definition) is 1. The zero-order valence-electron chi connectivity index (χ0n) is 12.3. The van der Waals surface area contributed by atoms with Crippen molar-refractivity contribution in [3.05, 3.63) is 65.2 Å². The van der Waals surface area contributed by atoms with Crippen LogP contribution in [0.4, 0.5) is 14.5 Å². The maximum atomic E-state index is 13.7. The lowest BCUT2D eigenvalue weighted by Crippen LogP contribution is -2.37. The zero-order valence-corrected chi connectivity index (χ0v) is 12.3. The second kappa shape index (κ2) is 5.79. The molecule has 0 radical (unpaired) electrons. The molecule has 3 rings (SSSR count). The highest BCUT2D eigenvalue weighted by Crippen LogP contribution is 2.36. The lowest BCUT2D eigenvalue weighted by Gasteiger charge is -2.29. The molecular formula is C17H14F2N2O2. The molecule has 1 N–H and O–H groups in total. The molecule has 4 nitrogen and oxygen atoms in total. The maximum absolute atomic E-state index is 13.7. The first-order valence-corrected chi connectivity index (χ1v) is 7.07. The number of carbonyl (C=O) groups is 2. The van der Waals surface area contributed by atoms with E-state index in [1.54, 1.807) is 0 Å². The molecule has 1 unspecified atom stereocenters. The molecule has 2 aromatic rings. The molecule has 0 spiro atoms. The summed E-state index contributed by atoms with van der Waals surface area (Å²) in [7, 11) is 0. The summed E-state index contributed by atoms with van der Waals surface area (Å²) in [4.78, 5) is 25.4. The second-order valence-corrected chi connectivity index (χ2v) is 5.38. The highest BCUT2D eigenvalue weighted by atomic mass is 19.1. The molecule has 1 aliphatic rings. The van der Waals surface area contributed by atoms with Gasteiger partial charge in [-0.25, -0.2) is 8.78 Å². The van der Waals surface area contributed by atoms with Crippen molar-refractivity contribution in [2.24, 2.45) is 0 Å². The summed E-state index contributed by atoms with van der Waals surface area (Å²) in [6, 6.07) is 8.91. The van der Waals surface area contributed by atoms with Gasteiger partial charge in [0.25, 0.3) is 0 Å². The third-order valence-electron chi connectivity index (χ3n) is 3.80. The lowest BCUT2D eigenvalue weighted by molar-refractivity contribution is -0.134. The number of rotatable bonds is 1. The van der Waals surface area contributed by atoms with Crippen LogP contribution in [0, 0.1) is 11.6 Å². The lowest BCUT2D eigenvalue weighted by atomic mass is 9.95. The van der Waals surface area contributed by atoms with Gasteiger partial charge in [0.05, 0.1) is 6.04 Å². The average molecular weight is 316 g/mol. The molecule has 0 bridgehead atoms. The van der Waals surface area contributed by atoms with Crippen LogP contribution in [0.1, 0.15) is 24.1 Å². The number of hydrogen-bond acceptors (Lipinski definition) is 2. The normalized spacial score (nSPS) is 17.3. The Kier molecular flexibility index (Phi) is 3.82. The van der Waals surface area contributed by atoms with Crippen molar-refractivity contribution in [1.82, 2.24) is 4.90 Å². The van der Waals surface area contributed by atoms with E-state index < -0.39 is 17.7 Å². The Morgan fingerprint density at radius 1 is 1.13 bits per heavy atom. The second-order valence-electron chi connectivity index (χ2n) is 5.38. The van der Waals surface area contributed by atoms with E-state index in [9.17, 15) is 18.4 Å². The molecule has 2 aromatic carbocycles. The minimum atomic E-state index is -0.669. The maximum Gasteiger partial charge on any atom is 0.244 e. The van der Waals surface area contributed by atoms with Crippen LogP contribution in [0.2, 0.25) is 0 Å². The minimum Gasteiger partial charge on any atom is -0.324 e. The van der Waals surface area contributed by atoms with Crippen LogP contribution in [0.25, 0.3) is 0 Å². The number of fused-ring (bicyclic) bond motifs is 1. The Morgan fingerprint density at radius 3 is 2.43 bits per heavy atom. The van der Waals surface area contributed by atoms with Gasteiger partial charge in [-0.2, -0.15) is 0 Å². The Labute approximate surface area is 131 Å². The molecule has 1 atom stereocenters. The minimum absolute atomic E-state index is 0.159. The van der Waals surface area contributed by atoms with Gasteiger partial charge in [0, 0.05) is 18.2 Å². The SMILES string of the molecule is CC(=O)N1CC(=O)Nc2ccc(F)cc2C1c1ccc(F)cc1. The van der Waals surface area contributed by atoms with Crippen LogP contribution in [-0.2, 0) is 9.59 Å². The molecule has 2 amide bonds. The highest BCUT2D eigenvalue weighted by Gasteiger charge is 2.32. The summed E-state index contributed by atoms with van der Waals surface area (Å²) in [6.45, 7) is 1.18. The first kappa shape index (κ1) is 15.1. The molecule has 0 aliphatic carbocycles. The summed E-state index contributed by atoms with van der Waals surface area (Å²) in [6.07, 6.45) is 0. The fourth-order valence-corrected chi connectivity index (χ4v) is 2.77. The van der Waals surface area contributed by atoms with Crippen LogP contribution in [-0.4, -0.2) is 23.3 Å². The smallest absolute Gasteiger partial charge is 0.244 e. The number of nitrogens with one attached hydrogen (secondary N) is 1. The fraction of sp³-hybridized carbons (Fsp3) is 0.176. The van der Waals surface area contributed by atoms with Crippen LogP contribution in [0.3, 0.4) is 0 Å². The van der Waals surface area contributed by atoms with Gasteiger partial charge in [-0.3, -0.25) is 9.59 Å². The molecule has 0 saturated heterocycles. The molecule has 118 valence electrons. The number of benzene rings is 2. The number of carbonyl (C=O) groups excluding carboxylic acids is 2. The van der Waals surface area contributed by atoms with Gasteiger partial charge >= 0.3 is 0 Å². The van der Waals surface area contributed by atoms with Crippen molar-refractivity contribution in [3.8, 4) is 0 Å². The van der Waals surface area contributed by atoms with Crippen LogP contribution < -0.4 is 5.32 Å². The highest BCUT2D eigenvalue weighted by molar-refractivity contribution is 5.96. The average Bonchev–Trinajstić information content (AvgIpc) is 2.64. The van der Waals surface area contributed by atoms with E-state index in [-0.39, 0.29) is 18.4 Å². The molecule has 6 heteroatoms. The van der Waals surface area contributed by atoms with Crippen LogP contribution in [0.15, 0.2) is 42.5 Å². The van der Waals surface area contributed by atoms with Gasteiger partial charge in [0.15, 0.2) is 0 Å². The molecule has 0 aromatic heterocycles. The van der Waals surface area contributed by atoms with Crippen molar-refractivity contribution in [3.63, 3.8) is 0 Å². The van der Waals surface area contributed by atoms with E-state index in [2.05, 4.69) is 5.32 Å². The Balaban J connectivity index is 2.21. The topological polar surface area (TPSA) is 49.4 Å². The van der Waals surface area contributed by atoms with E-state index in [0.717, 1.165) is 0 Å². The van der Waals surface area contributed by atoms with Gasteiger partial charge in [-0.05, 0) is 35.9 Å². The summed E-state index contributed by atoms with van der Waals surface area (Å²) < 4.78 is 26.9. The molecular weight excluding hydrogens is 302 g/mol. The van der Waals surface area contributed by atoms with E-state index in [1.807, 2.05) is 0 Å². The van der Waals surface area contributed by atoms with Crippen LogP contribution in [0.5, 0.6) is 0 Å².